The van der Waals surface area contributed by atoms with Gasteiger partial charge in [0.2, 0.25) is 0 Å². The van der Waals surface area contributed by atoms with Gasteiger partial charge in [0, 0.05) is 12.2 Å². The summed E-state index contributed by atoms with van der Waals surface area (Å²) in [6.45, 7) is 5.05. The van der Waals surface area contributed by atoms with Gasteiger partial charge in [0.1, 0.15) is 5.82 Å². The minimum atomic E-state index is -0.210. The second kappa shape index (κ2) is 4.30. The number of hydrogen-bond donors (Lipinski definition) is 2. The molecule has 0 amide bonds. The van der Waals surface area contributed by atoms with Gasteiger partial charge in [0.25, 0.3) is 0 Å². The van der Waals surface area contributed by atoms with E-state index in [1.54, 1.807) is 6.07 Å². The molecule has 0 spiro atoms. The zero-order valence-electron chi connectivity index (χ0n) is 10.6. The van der Waals surface area contributed by atoms with Crippen molar-refractivity contribution in [3.63, 3.8) is 0 Å². The fourth-order valence-corrected chi connectivity index (χ4v) is 2.91. The van der Waals surface area contributed by atoms with E-state index in [9.17, 15) is 4.39 Å². The highest BCUT2D eigenvalue weighted by Crippen LogP contribution is 2.47. The van der Waals surface area contributed by atoms with Crippen molar-refractivity contribution >= 4 is 5.69 Å². The molecule has 1 fully saturated rings. The average molecular weight is 236 g/mol. The van der Waals surface area contributed by atoms with E-state index >= 15 is 0 Å². The summed E-state index contributed by atoms with van der Waals surface area (Å²) in [5.41, 5.74) is 6.84. The van der Waals surface area contributed by atoms with Gasteiger partial charge in [-0.2, -0.15) is 0 Å². The molecule has 1 aliphatic carbocycles. The van der Waals surface area contributed by atoms with Crippen LogP contribution in [0.2, 0.25) is 0 Å². The Hall–Kier alpha value is -1.09. The van der Waals surface area contributed by atoms with Crippen LogP contribution in [0.25, 0.3) is 0 Å². The normalized spacial score (nSPS) is 27.1. The van der Waals surface area contributed by atoms with Crippen LogP contribution in [0, 0.1) is 11.2 Å². The summed E-state index contributed by atoms with van der Waals surface area (Å²) in [6, 6.07) is 6.62. The number of anilines is 1. The van der Waals surface area contributed by atoms with E-state index in [1.165, 1.54) is 18.6 Å². The maximum absolute atomic E-state index is 13.2. The molecule has 2 nitrogen and oxygen atoms in total. The molecule has 0 aliphatic heterocycles. The van der Waals surface area contributed by atoms with Crippen molar-refractivity contribution in [3.05, 3.63) is 30.1 Å². The first kappa shape index (κ1) is 12.4. The summed E-state index contributed by atoms with van der Waals surface area (Å²) < 4.78 is 13.2. The number of benzene rings is 1. The van der Waals surface area contributed by atoms with Gasteiger partial charge in [0.05, 0.1) is 5.54 Å². The highest BCUT2D eigenvalue weighted by molar-refractivity contribution is 5.47. The molecule has 1 aliphatic rings. The highest BCUT2D eigenvalue weighted by Gasteiger charge is 2.47. The Labute approximate surface area is 102 Å². The van der Waals surface area contributed by atoms with E-state index in [4.69, 9.17) is 5.73 Å². The predicted octanol–water partition coefficient (Wildman–Crippen LogP) is 3.15. The molecular weight excluding hydrogens is 215 g/mol. The first-order chi connectivity index (χ1) is 7.99. The first-order valence-electron chi connectivity index (χ1n) is 6.23. The largest absolute Gasteiger partial charge is 0.378 e. The van der Waals surface area contributed by atoms with E-state index in [-0.39, 0.29) is 16.8 Å². The maximum Gasteiger partial charge on any atom is 0.125 e. The lowest BCUT2D eigenvalue weighted by atomic mass is 9.74. The molecule has 3 N–H and O–H groups in total. The van der Waals surface area contributed by atoms with Crippen molar-refractivity contribution in [3.8, 4) is 0 Å². The molecule has 1 saturated carbocycles. The van der Waals surface area contributed by atoms with Crippen molar-refractivity contribution < 1.29 is 4.39 Å². The molecule has 17 heavy (non-hydrogen) atoms. The third-order valence-electron chi connectivity index (χ3n) is 4.26. The monoisotopic (exact) mass is 236 g/mol. The van der Waals surface area contributed by atoms with Crippen LogP contribution in [0.15, 0.2) is 24.3 Å². The molecule has 1 atom stereocenters. The van der Waals surface area contributed by atoms with E-state index in [1.807, 2.05) is 6.07 Å². The fourth-order valence-electron chi connectivity index (χ4n) is 2.91. The molecule has 0 radical (unpaired) electrons. The van der Waals surface area contributed by atoms with Gasteiger partial charge < -0.3 is 11.1 Å². The molecule has 0 heterocycles. The van der Waals surface area contributed by atoms with Crippen molar-refractivity contribution in [2.75, 3.05) is 11.9 Å². The smallest absolute Gasteiger partial charge is 0.125 e. The molecule has 0 aromatic heterocycles. The zero-order chi connectivity index (χ0) is 12.5. The standard InChI is InChI=1S/C14H21FN2/c1-13(2)7-4-8-14(13,10-16)17-12-6-3-5-11(15)9-12/h3,5-6,9,17H,4,7-8,10,16H2,1-2H3. The van der Waals surface area contributed by atoms with Crippen LogP contribution in [0.3, 0.4) is 0 Å². The van der Waals surface area contributed by atoms with E-state index < -0.39 is 0 Å². The molecule has 1 aromatic rings. The van der Waals surface area contributed by atoms with Gasteiger partial charge in [-0.25, -0.2) is 4.39 Å². The third kappa shape index (κ3) is 2.16. The molecule has 1 aromatic carbocycles. The summed E-state index contributed by atoms with van der Waals surface area (Å²) in [4.78, 5) is 0. The second-order valence-electron chi connectivity index (χ2n) is 5.66. The molecular formula is C14H21FN2. The molecule has 0 bridgehead atoms. The molecule has 1 unspecified atom stereocenters. The summed E-state index contributed by atoms with van der Waals surface area (Å²) in [5.74, 6) is -0.210. The molecule has 2 rings (SSSR count). The van der Waals surface area contributed by atoms with E-state index in [2.05, 4.69) is 19.2 Å². The topological polar surface area (TPSA) is 38.0 Å². The van der Waals surface area contributed by atoms with Crippen molar-refractivity contribution in [1.82, 2.24) is 0 Å². The predicted molar refractivity (Wildman–Crippen MR) is 69.4 cm³/mol. The number of nitrogens with two attached hydrogens (primary N) is 1. The molecule has 3 heteroatoms. The van der Waals surface area contributed by atoms with Crippen molar-refractivity contribution in [1.29, 1.82) is 0 Å². The quantitative estimate of drug-likeness (QED) is 0.846. The SMILES string of the molecule is CC1(C)CCCC1(CN)Nc1cccc(F)c1. The van der Waals surface area contributed by atoms with Crippen LogP contribution in [-0.2, 0) is 0 Å². The number of halogens is 1. The molecule has 0 saturated heterocycles. The van der Waals surface area contributed by atoms with Gasteiger partial charge in [-0.05, 0) is 36.5 Å². The van der Waals surface area contributed by atoms with Gasteiger partial charge in [-0.1, -0.05) is 26.3 Å². The van der Waals surface area contributed by atoms with Gasteiger partial charge >= 0.3 is 0 Å². The maximum atomic E-state index is 13.2. The lowest BCUT2D eigenvalue weighted by Gasteiger charge is -2.42. The zero-order valence-corrected chi connectivity index (χ0v) is 10.6. The van der Waals surface area contributed by atoms with Crippen molar-refractivity contribution in [2.24, 2.45) is 11.1 Å². The van der Waals surface area contributed by atoms with Crippen molar-refractivity contribution in [2.45, 2.75) is 38.6 Å². The number of nitrogens with one attached hydrogen (secondary N) is 1. The van der Waals surface area contributed by atoms with E-state index in [0.29, 0.717) is 6.54 Å². The van der Waals surface area contributed by atoms with Crippen LogP contribution in [0.4, 0.5) is 10.1 Å². The second-order valence-corrected chi connectivity index (χ2v) is 5.66. The van der Waals surface area contributed by atoms with E-state index in [0.717, 1.165) is 18.5 Å². The Kier molecular flexibility index (Phi) is 3.13. The van der Waals surface area contributed by atoms with Gasteiger partial charge in [-0.15, -0.1) is 0 Å². The average Bonchev–Trinajstić information content (AvgIpc) is 2.55. The Balaban J connectivity index is 2.26. The van der Waals surface area contributed by atoms with Gasteiger partial charge in [0.15, 0.2) is 0 Å². The summed E-state index contributed by atoms with van der Waals surface area (Å²) in [5, 5.41) is 3.47. The summed E-state index contributed by atoms with van der Waals surface area (Å²) >= 11 is 0. The van der Waals surface area contributed by atoms with Gasteiger partial charge in [-0.3, -0.25) is 0 Å². The van der Waals surface area contributed by atoms with Crippen LogP contribution < -0.4 is 11.1 Å². The van der Waals surface area contributed by atoms with Crippen LogP contribution in [0.1, 0.15) is 33.1 Å². The molecule has 94 valence electrons. The minimum absolute atomic E-state index is 0.110. The van der Waals surface area contributed by atoms with Crippen LogP contribution in [0.5, 0.6) is 0 Å². The van der Waals surface area contributed by atoms with Crippen LogP contribution in [-0.4, -0.2) is 12.1 Å². The summed E-state index contributed by atoms with van der Waals surface area (Å²) in [6.07, 6.45) is 3.38. The summed E-state index contributed by atoms with van der Waals surface area (Å²) in [7, 11) is 0. The third-order valence-corrected chi connectivity index (χ3v) is 4.26. The first-order valence-corrected chi connectivity index (χ1v) is 6.23. The Morgan fingerprint density at radius 2 is 2.12 bits per heavy atom. The highest BCUT2D eigenvalue weighted by atomic mass is 19.1. The minimum Gasteiger partial charge on any atom is -0.378 e. The Morgan fingerprint density at radius 1 is 1.35 bits per heavy atom. The number of hydrogen-bond acceptors (Lipinski definition) is 2. The number of rotatable bonds is 3. The van der Waals surface area contributed by atoms with Crippen LogP contribution >= 0.6 is 0 Å². The Bertz CT molecular complexity index is 403. The lowest BCUT2D eigenvalue weighted by Crippen LogP contribution is -2.53. The fraction of sp³-hybridized carbons (Fsp3) is 0.571. The Morgan fingerprint density at radius 3 is 2.65 bits per heavy atom. The lowest BCUT2D eigenvalue weighted by molar-refractivity contribution is 0.239.